The van der Waals surface area contributed by atoms with Gasteiger partial charge < -0.3 is 10.6 Å². The molecule has 0 saturated heterocycles. The minimum Gasteiger partial charge on any atom is -0.345 e. The van der Waals surface area contributed by atoms with Gasteiger partial charge >= 0.3 is 0 Å². The van der Waals surface area contributed by atoms with E-state index in [2.05, 4.69) is 29.7 Å². The highest BCUT2D eigenvalue weighted by Gasteiger charge is 2.29. The molecule has 2 N–H and O–H groups in total. The fraction of sp³-hybridized carbons (Fsp3) is 0.238. The average Bonchev–Trinajstić information content (AvgIpc) is 3.11. The van der Waals surface area contributed by atoms with Crippen LogP contribution in [0.5, 0.6) is 0 Å². The molecule has 25 heavy (non-hydrogen) atoms. The summed E-state index contributed by atoms with van der Waals surface area (Å²) in [6, 6.07) is 14.1. The summed E-state index contributed by atoms with van der Waals surface area (Å²) in [4.78, 5) is 23.8. The van der Waals surface area contributed by atoms with E-state index in [1.807, 2.05) is 30.3 Å². The van der Waals surface area contributed by atoms with E-state index in [1.54, 1.807) is 12.2 Å². The topological polar surface area (TPSA) is 58.2 Å². The van der Waals surface area contributed by atoms with E-state index in [1.165, 1.54) is 11.1 Å². The van der Waals surface area contributed by atoms with E-state index in [0.717, 1.165) is 23.2 Å². The van der Waals surface area contributed by atoms with Crippen molar-refractivity contribution in [2.24, 2.45) is 5.92 Å². The Kier molecular flexibility index (Phi) is 3.88. The Labute approximate surface area is 146 Å². The average molecular weight is 332 g/mol. The molecule has 2 aromatic carbocycles. The predicted molar refractivity (Wildman–Crippen MR) is 98.0 cm³/mol. The Morgan fingerprint density at radius 2 is 2.04 bits per heavy atom. The molecule has 0 radical (unpaired) electrons. The van der Waals surface area contributed by atoms with Crippen molar-refractivity contribution in [3.05, 3.63) is 70.8 Å². The predicted octanol–water partition coefficient (Wildman–Crippen LogP) is 3.24. The van der Waals surface area contributed by atoms with Crippen LogP contribution >= 0.6 is 0 Å². The molecule has 0 aromatic heterocycles. The fourth-order valence-electron chi connectivity index (χ4n) is 3.72. The lowest BCUT2D eigenvalue weighted by Crippen LogP contribution is -2.28. The first-order valence-corrected chi connectivity index (χ1v) is 8.59. The first-order valence-electron chi connectivity index (χ1n) is 8.59. The minimum atomic E-state index is -0.0990. The van der Waals surface area contributed by atoms with Crippen LogP contribution in [-0.2, 0) is 22.4 Å². The van der Waals surface area contributed by atoms with E-state index in [-0.39, 0.29) is 17.9 Å². The Balaban J connectivity index is 1.45. The van der Waals surface area contributed by atoms with Crippen molar-refractivity contribution in [1.82, 2.24) is 5.32 Å². The number of amides is 2. The van der Waals surface area contributed by atoms with E-state index >= 15 is 0 Å². The minimum absolute atomic E-state index is 0.0164. The lowest BCUT2D eigenvalue weighted by molar-refractivity contribution is -0.117. The third kappa shape index (κ3) is 3.07. The largest absolute Gasteiger partial charge is 0.345 e. The first-order chi connectivity index (χ1) is 12.1. The molecule has 0 bridgehead atoms. The molecule has 0 saturated carbocycles. The van der Waals surface area contributed by atoms with Crippen LogP contribution in [0.3, 0.4) is 0 Å². The molecular formula is C21H20N2O2. The number of anilines is 1. The lowest BCUT2D eigenvalue weighted by Gasteiger charge is -2.17. The van der Waals surface area contributed by atoms with Crippen LogP contribution in [0.1, 0.15) is 35.2 Å². The molecule has 0 spiro atoms. The van der Waals surface area contributed by atoms with Crippen LogP contribution in [0.4, 0.5) is 5.69 Å². The second kappa shape index (κ2) is 6.20. The molecule has 0 fully saturated rings. The number of fused-ring (bicyclic) bond motifs is 2. The van der Waals surface area contributed by atoms with E-state index in [4.69, 9.17) is 0 Å². The molecule has 1 aliphatic carbocycles. The third-order valence-corrected chi connectivity index (χ3v) is 4.99. The van der Waals surface area contributed by atoms with E-state index < -0.39 is 0 Å². The van der Waals surface area contributed by atoms with Crippen LogP contribution in [0.2, 0.25) is 0 Å². The van der Waals surface area contributed by atoms with Gasteiger partial charge in [-0.1, -0.05) is 43.3 Å². The molecule has 4 heteroatoms. The number of rotatable bonds is 3. The maximum absolute atomic E-state index is 12.3. The van der Waals surface area contributed by atoms with Crippen LogP contribution < -0.4 is 10.6 Å². The highest BCUT2D eigenvalue weighted by molar-refractivity contribution is 5.99. The molecule has 2 atom stereocenters. The van der Waals surface area contributed by atoms with Crippen LogP contribution in [0, 0.1) is 5.92 Å². The van der Waals surface area contributed by atoms with Gasteiger partial charge in [-0.15, -0.1) is 0 Å². The molecular weight excluding hydrogens is 312 g/mol. The van der Waals surface area contributed by atoms with E-state index in [0.29, 0.717) is 12.3 Å². The van der Waals surface area contributed by atoms with Crippen LogP contribution in [0.25, 0.3) is 6.08 Å². The maximum Gasteiger partial charge on any atom is 0.244 e. The molecule has 2 amide bonds. The molecule has 2 unspecified atom stereocenters. The number of nitrogens with one attached hydrogen (secondary N) is 2. The highest BCUT2D eigenvalue weighted by atomic mass is 16.2. The molecule has 2 aromatic rings. The van der Waals surface area contributed by atoms with Gasteiger partial charge in [0, 0.05) is 11.8 Å². The summed E-state index contributed by atoms with van der Waals surface area (Å²) in [5.41, 5.74) is 5.28. The summed E-state index contributed by atoms with van der Waals surface area (Å²) in [6.07, 6.45) is 4.77. The van der Waals surface area contributed by atoms with Gasteiger partial charge in [-0.05, 0) is 46.7 Å². The highest BCUT2D eigenvalue weighted by Crippen LogP contribution is 2.35. The van der Waals surface area contributed by atoms with Gasteiger partial charge in [0.1, 0.15) is 0 Å². The van der Waals surface area contributed by atoms with Gasteiger partial charge in [-0.25, -0.2) is 0 Å². The van der Waals surface area contributed by atoms with Gasteiger partial charge in [0.15, 0.2) is 0 Å². The molecule has 4 nitrogen and oxygen atoms in total. The Morgan fingerprint density at radius 3 is 2.92 bits per heavy atom. The van der Waals surface area contributed by atoms with Gasteiger partial charge in [0.2, 0.25) is 11.8 Å². The molecule has 126 valence electrons. The second-order valence-electron chi connectivity index (χ2n) is 6.84. The van der Waals surface area contributed by atoms with Crippen molar-refractivity contribution in [3.63, 3.8) is 0 Å². The molecule has 1 aliphatic heterocycles. The SMILES string of the molecule is CC1Cc2ccccc2C1NC(=O)/C=C/c1ccc2c(c1)NC(=O)C2. The van der Waals surface area contributed by atoms with Gasteiger partial charge in [-0.2, -0.15) is 0 Å². The summed E-state index contributed by atoms with van der Waals surface area (Å²) >= 11 is 0. The molecule has 4 rings (SSSR count). The zero-order chi connectivity index (χ0) is 17.4. The Bertz CT molecular complexity index is 885. The monoisotopic (exact) mass is 332 g/mol. The van der Waals surface area contributed by atoms with Gasteiger partial charge in [0.05, 0.1) is 12.5 Å². The summed E-state index contributed by atoms with van der Waals surface area (Å²) in [5, 5.41) is 5.95. The lowest BCUT2D eigenvalue weighted by atomic mass is 10.0. The van der Waals surface area contributed by atoms with Crippen molar-refractivity contribution in [1.29, 1.82) is 0 Å². The normalized spacial score (nSPS) is 21.1. The number of carbonyl (C=O) groups is 2. The zero-order valence-corrected chi connectivity index (χ0v) is 14.1. The fourth-order valence-corrected chi connectivity index (χ4v) is 3.72. The first kappa shape index (κ1) is 15.6. The Hall–Kier alpha value is -2.88. The third-order valence-electron chi connectivity index (χ3n) is 4.99. The zero-order valence-electron chi connectivity index (χ0n) is 14.1. The van der Waals surface area contributed by atoms with E-state index in [9.17, 15) is 9.59 Å². The summed E-state index contributed by atoms with van der Waals surface area (Å²) in [7, 11) is 0. The van der Waals surface area contributed by atoms with Crippen molar-refractivity contribution in [2.75, 3.05) is 5.32 Å². The smallest absolute Gasteiger partial charge is 0.244 e. The maximum atomic E-state index is 12.3. The van der Waals surface area contributed by atoms with Gasteiger partial charge in [0.25, 0.3) is 0 Å². The standard InChI is InChI=1S/C21H20N2O2/c1-13-10-15-4-2-3-5-17(15)21(13)23-19(24)9-7-14-6-8-16-12-20(25)22-18(16)11-14/h2-9,11,13,21H,10,12H2,1H3,(H,22,25)(H,23,24)/b9-7+. The molecule has 2 aliphatic rings. The van der Waals surface area contributed by atoms with Crippen molar-refractivity contribution >= 4 is 23.6 Å². The van der Waals surface area contributed by atoms with Crippen LogP contribution in [0.15, 0.2) is 48.5 Å². The quantitative estimate of drug-likeness (QED) is 0.848. The summed E-state index contributed by atoms with van der Waals surface area (Å²) in [5.74, 6) is 0.311. The number of carbonyl (C=O) groups excluding carboxylic acids is 2. The summed E-state index contributed by atoms with van der Waals surface area (Å²) < 4.78 is 0. The summed E-state index contributed by atoms with van der Waals surface area (Å²) in [6.45, 7) is 2.16. The van der Waals surface area contributed by atoms with Crippen molar-refractivity contribution in [2.45, 2.75) is 25.8 Å². The van der Waals surface area contributed by atoms with Crippen LogP contribution in [-0.4, -0.2) is 11.8 Å². The van der Waals surface area contributed by atoms with Crippen molar-refractivity contribution in [3.8, 4) is 0 Å². The molecule has 1 heterocycles. The number of benzene rings is 2. The number of hydrogen-bond acceptors (Lipinski definition) is 2. The van der Waals surface area contributed by atoms with Gasteiger partial charge in [-0.3, -0.25) is 9.59 Å². The second-order valence-corrected chi connectivity index (χ2v) is 6.84. The number of hydrogen-bond donors (Lipinski definition) is 2. The Morgan fingerprint density at radius 1 is 1.20 bits per heavy atom. The van der Waals surface area contributed by atoms with Crippen molar-refractivity contribution < 1.29 is 9.59 Å².